The van der Waals surface area contributed by atoms with E-state index in [4.69, 9.17) is 5.73 Å². The molecule has 0 amide bonds. The van der Waals surface area contributed by atoms with Gasteiger partial charge in [-0.1, -0.05) is 13.8 Å². The summed E-state index contributed by atoms with van der Waals surface area (Å²) in [5, 5.41) is 9.90. The minimum absolute atomic E-state index is 0.140. The highest BCUT2D eigenvalue weighted by Crippen LogP contribution is 2.40. The van der Waals surface area contributed by atoms with Crippen molar-refractivity contribution < 1.29 is 5.11 Å². The fraction of sp³-hybridized carbons (Fsp3) is 1.00. The lowest BCUT2D eigenvalue weighted by Crippen LogP contribution is -2.48. The van der Waals surface area contributed by atoms with Crippen molar-refractivity contribution in [3.05, 3.63) is 0 Å². The van der Waals surface area contributed by atoms with Gasteiger partial charge in [-0.15, -0.1) is 0 Å². The molecule has 0 spiro atoms. The van der Waals surface area contributed by atoms with Gasteiger partial charge in [-0.2, -0.15) is 11.8 Å². The maximum absolute atomic E-state index is 9.24. The van der Waals surface area contributed by atoms with Gasteiger partial charge in [-0.3, -0.25) is 0 Å². The quantitative estimate of drug-likeness (QED) is 0.689. The predicted octanol–water partition coefficient (Wildman–Crippen LogP) is 1.62. The Morgan fingerprint density at radius 3 is 2.62 bits per heavy atom. The minimum Gasteiger partial charge on any atom is -0.394 e. The average molecular weight is 203 g/mol. The van der Waals surface area contributed by atoms with Crippen LogP contribution in [0.3, 0.4) is 0 Å². The molecule has 0 heterocycles. The molecule has 2 unspecified atom stereocenters. The summed E-state index contributed by atoms with van der Waals surface area (Å²) in [6.07, 6.45) is 3.59. The van der Waals surface area contributed by atoms with E-state index in [1.54, 1.807) is 0 Å². The summed E-state index contributed by atoms with van der Waals surface area (Å²) in [6, 6.07) is 0. The van der Waals surface area contributed by atoms with E-state index < -0.39 is 0 Å². The SMILES string of the molecule is CCC(C)SCC(N)(CO)C1CC1. The summed E-state index contributed by atoms with van der Waals surface area (Å²) in [4.78, 5) is 0. The van der Waals surface area contributed by atoms with E-state index in [-0.39, 0.29) is 12.1 Å². The summed E-state index contributed by atoms with van der Waals surface area (Å²) in [5.41, 5.74) is 5.84. The molecule has 1 fully saturated rings. The Morgan fingerprint density at radius 2 is 2.23 bits per heavy atom. The number of hydrogen-bond donors (Lipinski definition) is 2. The van der Waals surface area contributed by atoms with E-state index in [0.29, 0.717) is 11.2 Å². The molecule has 0 bridgehead atoms. The molecule has 1 aliphatic rings. The highest BCUT2D eigenvalue weighted by molar-refractivity contribution is 7.99. The molecule has 1 aliphatic carbocycles. The average Bonchev–Trinajstić information content (AvgIpc) is 2.96. The normalized spacial score (nSPS) is 24.0. The van der Waals surface area contributed by atoms with Gasteiger partial charge >= 0.3 is 0 Å². The molecule has 0 aromatic heterocycles. The largest absolute Gasteiger partial charge is 0.394 e. The molecule has 0 saturated heterocycles. The molecule has 3 N–H and O–H groups in total. The Morgan fingerprint density at radius 1 is 1.62 bits per heavy atom. The smallest absolute Gasteiger partial charge is 0.0622 e. The van der Waals surface area contributed by atoms with E-state index in [1.165, 1.54) is 19.3 Å². The van der Waals surface area contributed by atoms with Crippen molar-refractivity contribution in [1.82, 2.24) is 0 Å². The van der Waals surface area contributed by atoms with Crippen LogP contribution in [0, 0.1) is 5.92 Å². The predicted molar refractivity (Wildman–Crippen MR) is 58.9 cm³/mol. The van der Waals surface area contributed by atoms with Crippen molar-refractivity contribution >= 4 is 11.8 Å². The second-order valence-corrected chi connectivity index (χ2v) is 5.62. The lowest BCUT2D eigenvalue weighted by atomic mass is 9.99. The first kappa shape index (κ1) is 11.3. The number of rotatable bonds is 6. The molecule has 0 aromatic rings. The highest BCUT2D eigenvalue weighted by atomic mass is 32.2. The van der Waals surface area contributed by atoms with Crippen LogP contribution in [0.4, 0.5) is 0 Å². The molecule has 3 heteroatoms. The van der Waals surface area contributed by atoms with Gasteiger partial charge in [0.2, 0.25) is 0 Å². The van der Waals surface area contributed by atoms with Gasteiger partial charge in [0, 0.05) is 11.0 Å². The molecule has 1 saturated carbocycles. The van der Waals surface area contributed by atoms with Crippen LogP contribution in [0.1, 0.15) is 33.1 Å². The zero-order chi connectivity index (χ0) is 9.90. The summed E-state index contributed by atoms with van der Waals surface area (Å²) in [7, 11) is 0. The Bertz CT molecular complexity index is 161. The third-order valence-corrected chi connectivity index (χ3v) is 4.50. The first-order chi connectivity index (χ1) is 6.12. The van der Waals surface area contributed by atoms with Gasteiger partial charge in [-0.25, -0.2) is 0 Å². The Labute approximate surface area is 85.3 Å². The van der Waals surface area contributed by atoms with Crippen LogP contribution >= 0.6 is 11.8 Å². The first-order valence-electron chi connectivity index (χ1n) is 5.13. The van der Waals surface area contributed by atoms with Crippen molar-refractivity contribution in [3.8, 4) is 0 Å². The molecule has 2 atom stereocenters. The number of aliphatic hydroxyl groups excluding tert-OH is 1. The van der Waals surface area contributed by atoms with E-state index in [0.717, 1.165) is 5.75 Å². The van der Waals surface area contributed by atoms with Crippen LogP contribution in [0.25, 0.3) is 0 Å². The van der Waals surface area contributed by atoms with Gasteiger partial charge in [-0.05, 0) is 25.2 Å². The number of nitrogens with two attached hydrogens (primary N) is 1. The molecule has 0 aliphatic heterocycles. The van der Waals surface area contributed by atoms with E-state index in [1.807, 2.05) is 11.8 Å². The second-order valence-electron chi connectivity index (χ2n) is 4.20. The van der Waals surface area contributed by atoms with Gasteiger partial charge in [0.1, 0.15) is 0 Å². The van der Waals surface area contributed by atoms with Crippen molar-refractivity contribution in [1.29, 1.82) is 0 Å². The minimum atomic E-state index is -0.298. The molecular weight excluding hydrogens is 182 g/mol. The Kier molecular flexibility index (Phi) is 4.07. The van der Waals surface area contributed by atoms with Crippen LogP contribution in [-0.2, 0) is 0 Å². The van der Waals surface area contributed by atoms with Crippen LogP contribution in [0.5, 0.6) is 0 Å². The van der Waals surface area contributed by atoms with Crippen molar-refractivity contribution in [2.45, 2.75) is 43.9 Å². The number of thioether (sulfide) groups is 1. The van der Waals surface area contributed by atoms with Gasteiger partial charge in [0.05, 0.1) is 12.1 Å². The maximum Gasteiger partial charge on any atom is 0.0622 e. The number of hydrogen-bond acceptors (Lipinski definition) is 3. The van der Waals surface area contributed by atoms with Crippen LogP contribution in [0.2, 0.25) is 0 Å². The lowest BCUT2D eigenvalue weighted by Gasteiger charge is -2.27. The second kappa shape index (κ2) is 4.67. The van der Waals surface area contributed by atoms with E-state index in [9.17, 15) is 5.11 Å². The third-order valence-electron chi connectivity index (χ3n) is 2.90. The fourth-order valence-corrected chi connectivity index (χ4v) is 2.52. The fourth-order valence-electron chi connectivity index (χ4n) is 1.37. The lowest BCUT2D eigenvalue weighted by molar-refractivity contribution is 0.194. The molecule has 2 nitrogen and oxygen atoms in total. The first-order valence-corrected chi connectivity index (χ1v) is 6.18. The van der Waals surface area contributed by atoms with Crippen LogP contribution in [-0.4, -0.2) is 28.3 Å². The maximum atomic E-state index is 9.24. The van der Waals surface area contributed by atoms with Crippen LogP contribution < -0.4 is 5.73 Å². The molecule has 13 heavy (non-hydrogen) atoms. The van der Waals surface area contributed by atoms with E-state index in [2.05, 4.69) is 13.8 Å². The summed E-state index contributed by atoms with van der Waals surface area (Å²) in [6.45, 7) is 4.54. The molecule has 78 valence electrons. The molecular formula is C10H21NOS. The monoisotopic (exact) mass is 203 g/mol. The third kappa shape index (κ3) is 3.15. The van der Waals surface area contributed by atoms with Crippen molar-refractivity contribution in [3.63, 3.8) is 0 Å². The topological polar surface area (TPSA) is 46.2 Å². The summed E-state index contributed by atoms with van der Waals surface area (Å²) in [5.74, 6) is 1.48. The standard InChI is InChI=1S/C10H21NOS/c1-3-8(2)13-7-10(11,6-12)9-4-5-9/h8-9,12H,3-7,11H2,1-2H3. The molecule has 1 rings (SSSR count). The molecule has 0 aromatic carbocycles. The highest BCUT2D eigenvalue weighted by Gasteiger charge is 2.41. The van der Waals surface area contributed by atoms with Gasteiger partial charge in [0.25, 0.3) is 0 Å². The van der Waals surface area contributed by atoms with Crippen LogP contribution in [0.15, 0.2) is 0 Å². The van der Waals surface area contributed by atoms with Gasteiger partial charge < -0.3 is 10.8 Å². The zero-order valence-corrected chi connectivity index (χ0v) is 9.44. The Hall–Kier alpha value is 0.270. The van der Waals surface area contributed by atoms with Gasteiger partial charge in [0.15, 0.2) is 0 Å². The molecule has 0 radical (unpaired) electrons. The van der Waals surface area contributed by atoms with E-state index >= 15 is 0 Å². The number of aliphatic hydroxyl groups is 1. The summed E-state index contributed by atoms with van der Waals surface area (Å²) >= 11 is 1.89. The Balaban J connectivity index is 2.30. The summed E-state index contributed by atoms with van der Waals surface area (Å²) < 4.78 is 0. The van der Waals surface area contributed by atoms with Crippen molar-refractivity contribution in [2.24, 2.45) is 11.7 Å². The van der Waals surface area contributed by atoms with Crippen molar-refractivity contribution in [2.75, 3.05) is 12.4 Å². The zero-order valence-electron chi connectivity index (χ0n) is 8.62.